The first-order valence-electron chi connectivity index (χ1n) is 7.20. The van der Waals surface area contributed by atoms with E-state index in [2.05, 4.69) is 13.9 Å². The van der Waals surface area contributed by atoms with Crippen LogP contribution in [0.15, 0.2) is 59.1 Å². The van der Waals surface area contributed by atoms with Gasteiger partial charge in [0.25, 0.3) is 0 Å². The zero-order chi connectivity index (χ0) is 16.4. The second-order valence-corrected chi connectivity index (χ2v) is 5.62. The third-order valence-corrected chi connectivity index (χ3v) is 4.01. The predicted molar refractivity (Wildman–Crippen MR) is 88.5 cm³/mol. The van der Waals surface area contributed by atoms with Crippen molar-refractivity contribution in [2.45, 2.75) is 6.61 Å². The summed E-state index contributed by atoms with van der Waals surface area (Å²) in [4.78, 5) is 12.1. The van der Waals surface area contributed by atoms with Crippen LogP contribution >= 0.6 is 11.7 Å². The molecule has 0 atom stereocenters. The molecule has 0 aliphatic rings. The van der Waals surface area contributed by atoms with Gasteiger partial charge in [-0.05, 0) is 18.2 Å². The number of carbonyl (C=O) groups is 1. The predicted octanol–water partition coefficient (Wildman–Crippen LogP) is 3.70. The van der Waals surface area contributed by atoms with E-state index in [1.165, 1.54) is 0 Å². The lowest BCUT2D eigenvalue weighted by Gasteiger charge is -2.02. The zero-order valence-electron chi connectivity index (χ0n) is 12.4. The molecular formula is C17H11N3O3S. The molecule has 0 radical (unpaired) electrons. The summed E-state index contributed by atoms with van der Waals surface area (Å²) in [6, 6.07) is 16.5. The first-order chi connectivity index (χ1) is 11.8. The number of rotatable bonds is 4. The SMILES string of the molecule is O=C(OCc1cc(-c2ccccc2)on1)c1ccc2nsnc2c1. The maximum Gasteiger partial charge on any atom is 0.338 e. The normalized spacial score (nSPS) is 10.8. The number of nitrogens with zero attached hydrogens (tertiary/aromatic N) is 3. The van der Waals surface area contributed by atoms with Gasteiger partial charge in [-0.25, -0.2) is 4.79 Å². The minimum Gasteiger partial charge on any atom is -0.455 e. The minimum atomic E-state index is -0.436. The number of hydrogen-bond acceptors (Lipinski definition) is 7. The van der Waals surface area contributed by atoms with Crippen molar-refractivity contribution in [2.24, 2.45) is 0 Å². The van der Waals surface area contributed by atoms with E-state index in [-0.39, 0.29) is 6.61 Å². The van der Waals surface area contributed by atoms with Crippen LogP contribution in [-0.2, 0) is 11.3 Å². The lowest BCUT2D eigenvalue weighted by atomic mass is 10.2. The summed E-state index contributed by atoms with van der Waals surface area (Å²) in [5.74, 6) is 0.200. The number of aromatic nitrogens is 3. The van der Waals surface area contributed by atoms with Gasteiger partial charge in [0.1, 0.15) is 23.3 Å². The molecule has 0 unspecified atom stereocenters. The molecule has 0 fully saturated rings. The molecule has 0 amide bonds. The first-order valence-corrected chi connectivity index (χ1v) is 7.93. The van der Waals surface area contributed by atoms with Crippen molar-refractivity contribution in [3.05, 3.63) is 65.9 Å². The molecule has 4 aromatic rings. The van der Waals surface area contributed by atoms with E-state index >= 15 is 0 Å². The van der Waals surface area contributed by atoms with Gasteiger partial charge in [-0.15, -0.1) is 0 Å². The van der Waals surface area contributed by atoms with Gasteiger partial charge in [0.05, 0.1) is 17.3 Å². The van der Waals surface area contributed by atoms with Gasteiger partial charge in [-0.2, -0.15) is 8.75 Å². The Morgan fingerprint density at radius 2 is 1.88 bits per heavy atom. The fraction of sp³-hybridized carbons (Fsp3) is 0.0588. The summed E-state index contributed by atoms with van der Waals surface area (Å²) in [5.41, 5.74) is 3.35. The molecule has 4 rings (SSSR count). The van der Waals surface area contributed by atoms with Crippen molar-refractivity contribution in [1.82, 2.24) is 13.9 Å². The first kappa shape index (κ1) is 14.5. The number of fused-ring (bicyclic) bond motifs is 1. The molecule has 6 nitrogen and oxygen atoms in total. The highest BCUT2D eigenvalue weighted by Gasteiger charge is 2.12. The Morgan fingerprint density at radius 1 is 1.04 bits per heavy atom. The van der Waals surface area contributed by atoms with E-state index in [1.54, 1.807) is 24.3 Å². The molecule has 118 valence electrons. The highest BCUT2D eigenvalue weighted by molar-refractivity contribution is 7.00. The number of ether oxygens (including phenoxy) is 1. The van der Waals surface area contributed by atoms with Gasteiger partial charge in [0.15, 0.2) is 5.76 Å². The second-order valence-electron chi connectivity index (χ2n) is 5.09. The molecule has 0 saturated heterocycles. The fourth-order valence-electron chi connectivity index (χ4n) is 2.25. The summed E-state index contributed by atoms with van der Waals surface area (Å²) in [6.45, 7) is 0.0442. The summed E-state index contributed by atoms with van der Waals surface area (Å²) in [5, 5.41) is 3.93. The zero-order valence-corrected chi connectivity index (χ0v) is 13.2. The van der Waals surface area contributed by atoms with E-state index in [1.807, 2.05) is 30.3 Å². The monoisotopic (exact) mass is 337 g/mol. The maximum atomic E-state index is 12.1. The van der Waals surface area contributed by atoms with Crippen LogP contribution in [-0.4, -0.2) is 19.9 Å². The Kier molecular flexibility index (Phi) is 3.76. The lowest BCUT2D eigenvalue weighted by molar-refractivity contribution is 0.0464. The van der Waals surface area contributed by atoms with E-state index < -0.39 is 5.97 Å². The van der Waals surface area contributed by atoms with Gasteiger partial charge < -0.3 is 9.26 Å². The number of esters is 1. The molecule has 7 heteroatoms. The van der Waals surface area contributed by atoms with Gasteiger partial charge in [-0.3, -0.25) is 0 Å². The van der Waals surface area contributed by atoms with Crippen molar-refractivity contribution in [3.8, 4) is 11.3 Å². The van der Waals surface area contributed by atoms with Crippen LogP contribution < -0.4 is 0 Å². The van der Waals surface area contributed by atoms with Crippen LogP contribution in [0.4, 0.5) is 0 Å². The summed E-state index contributed by atoms with van der Waals surface area (Å²) >= 11 is 1.11. The van der Waals surface area contributed by atoms with Gasteiger partial charge in [0, 0.05) is 11.6 Å². The average Bonchev–Trinajstić information content (AvgIpc) is 3.29. The number of hydrogen-bond donors (Lipinski definition) is 0. The summed E-state index contributed by atoms with van der Waals surface area (Å²) in [6.07, 6.45) is 0. The van der Waals surface area contributed by atoms with Gasteiger partial charge >= 0.3 is 5.97 Å². The molecule has 0 aliphatic carbocycles. The molecule has 2 aromatic heterocycles. The molecule has 2 aromatic carbocycles. The van der Waals surface area contributed by atoms with Gasteiger partial charge in [-0.1, -0.05) is 35.5 Å². The largest absolute Gasteiger partial charge is 0.455 e. The number of carbonyl (C=O) groups excluding carboxylic acids is 1. The lowest BCUT2D eigenvalue weighted by Crippen LogP contribution is -2.05. The molecule has 0 aliphatic heterocycles. The average molecular weight is 337 g/mol. The van der Waals surface area contributed by atoms with Crippen LogP contribution in [0.2, 0.25) is 0 Å². The van der Waals surface area contributed by atoms with Crippen LogP contribution in [0, 0.1) is 0 Å². The van der Waals surface area contributed by atoms with E-state index in [0.29, 0.717) is 22.5 Å². The van der Waals surface area contributed by atoms with Gasteiger partial charge in [0.2, 0.25) is 0 Å². The van der Waals surface area contributed by atoms with E-state index in [4.69, 9.17) is 9.26 Å². The van der Waals surface area contributed by atoms with Crippen molar-refractivity contribution < 1.29 is 14.1 Å². The Hall–Kier alpha value is -3.06. The van der Waals surface area contributed by atoms with Crippen LogP contribution in [0.1, 0.15) is 16.1 Å². The fourth-order valence-corrected chi connectivity index (χ4v) is 2.77. The third kappa shape index (κ3) is 2.89. The highest BCUT2D eigenvalue weighted by atomic mass is 32.1. The summed E-state index contributed by atoms with van der Waals surface area (Å²) in [7, 11) is 0. The molecule has 0 bridgehead atoms. The quantitative estimate of drug-likeness (QED) is 0.528. The Bertz CT molecular complexity index is 994. The molecule has 2 heterocycles. The smallest absolute Gasteiger partial charge is 0.338 e. The van der Waals surface area contributed by atoms with Crippen LogP contribution in [0.3, 0.4) is 0 Å². The molecule has 0 N–H and O–H groups in total. The van der Waals surface area contributed by atoms with Crippen molar-refractivity contribution in [1.29, 1.82) is 0 Å². The molecule has 0 spiro atoms. The Balaban J connectivity index is 1.45. The van der Waals surface area contributed by atoms with Crippen LogP contribution in [0.5, 0.6) is 0 Å². The highest BCUT2D eigenvalue weighted by Crippen LogP contribution is 2.20. The topological polar surface area (TPSA) is 78.1 Å². The van der Waals surface area contributed by atoms with E-state index in [0.717, 1.165) is 22.8 Å². The van der Waals surface area contributed by atoms with Crippen molar-refractivity contribution in [3.63, 3.8) is 0 Å². The number of benzene rings is 2. The molecule has 24 heavy (non-hydrogen) atoms. The van der Waals surface area contributed by atoms with Crippen molar-refractivity contribution >= 4 is 28.7 Å². The van der Waals surface area contributed by atoms with Crippen LogP contribution in [0.25, 0.3) is 22.4 Å². The molecular weight excluding hydrogens is 326 g/mol. The standard InChI is InChI=1S/C17H11N3O3S/c21-17(12-6-7-14-15(8-12)20-24-19-14)22-10-13-9-16(23-18-13)11-4-2-1-3-5-11/h1-9H,10H2. The Labute approximate surface area is 141 Å². The third-order valence-electron chi connectivity index (χ3n) is 3.46. The molecule has 0 saturated carbocycles. The summed E-state index contributed by atoms with van der Waals surface area (Å²) < 4.78 is 18.8. The van der Waals surface area contributed by atoms with E-state index in [9.17, 15) is 4.79 Å². The Morgan fingerprint density at radius 3 is 2.75 bits per heavy atom. The second kappa shape index (κ2) is 6.21. The van der Waals surface area contributed by atoms with Crippen molar-refractivity contribution in [2.75, 3.05) is 0 Å². The maximum absolute atomic E-state index is 12.1. The minimum absolute atomic E-state index is 0.0442.